The van der Waals surface area contributed by atoms with Crippen molar-refractivity contribution in [2.24, 2.45) is 11.7 Å². The first-order valence-electron chi connectivity index (χ1n) is 6.27. The van der Waals surface area contributed by atoms with E-state index in [1.165, 1.54) is 0 Å². The van der Waals surface area contributed by atoms with Gasteiger partial charge in [-0.2, -0.15) is 11.8 Å². The highest BCUT2D eigenvalue weighted by atomic mass is 32.2. The molecule has 0 amide bonds. The molecule has 3 N–H and O–H groups in total. The van der Waals surface area contributed by atoms with Crippen LogP contribution in [0.5, 0.6) is 0 Å². The highest BCUT2D eigenvalue weighted by Gasteiger charge is 2.15. The lowest BCUT2D eigenvalue weighted by molar-refractivity contribution is 0.562. The van der Waals surface area contributed by atoms with E-state index in [9.17, 15) is 8.42 Å². The molecule has 1 atom stereocenters. The zero-order chi connectivity index (χ0) is 15.0. The first-order chi connectivity index (χ1) is 9.49. The van der Waals surface area contributed by atoms with Crippen LogP contribution in [-0.2, 0) is 10.0 Å². The maximum atomic E-state index is 12.2. The molecule has 1 unspecified atom stereocenters. The Balaban J connectivity index is 2.82. The Morgan fingerprint density at radius 2 is 2.20 bits per heavy atom. The third kappa shape index (κ3) is 5.55. The number of hydrogen-bond donors (Lipinski definition) is 2. The summed E-state index contributed by atoms with van der Waals surface area (Å²) in [4.78, 5) is 0.234. The summed E-state index contributed by atoms with van der Waals surface area (Å²) in [6, 6.07) is 6.57. The topological polar surface area (TPSA) is 72.2 Å². The molecular weight excluding hydrogens is 292 g/mol. The van der Waals surface area contributed by atoms with Crippen molar-refractivity contribution in [2.75, 3.05) is 25.1 Å². The van der Waals surface area contributed by atoms with Gasteiger partial charge in [0.1, 0.15) is 0 Å². The standard InChI is InChI=1S/C14H20N2O2S2/c1-12(11-19-2)10-16-20(17,18)14-7-3-5-13(9-14)6-4-8-15/h3,5,7,9,12,16H,8,10-11,15H2,1-2H3. The van der Waals surface area contributed by atoms with Crippen molar-refractivity contribution in [3.63, 3.8) is 0 Å². The van der Waals surface area contributed by atoms with Gasteiger partial charge in [-0.1, -0.05) is 24.8 Å². The predicted molar refractivity (Wildman–Crippen MR) is 85.1 cm³/mol. The minimum atomic E-state index is -3.48. The summed E-state index contributed by atoms with van der Waals surface area (Å²) in [5, 5.41) is 0. The van der Waals surface area contributed by atoms with Crippen LogP contribution in [0.4, 0.5) is 0 Å². The summed E-state index contributed by atoms with van der Waals surface area (Å²) in [7, 11) is -3.48. The van der Waals surface area contributed by atoms with Crippen molar-refractivity contribution in [3.05, 3.63) is 29.8 Å². The molecule has 0 aliphatic carbocycles. The van der Waals surface area contributed by atoms with Crippen molar-refractivity contribution in [1.29, 1.82) is 0 Å². The van der Waals surface area contributed by atoms with E-state index in [0.29, 0.717) is 18.0 Å². The third-order valence-electron chi connectivity index (χ3n) is 2.55. The largest absolute Gasteiger partial charge is 0.320 e. The van der Waals surface area contributed by atoms with Gasteiger partial charge in [-0.3, -0.25) is 0 Å². The number of sulfonamides is 1. The van der Waals surface area contributed by atoms with Gasteiger partial charge in [-0.25, -0.2) is 13.1 Å². The fourth-order valence-electron chi connectivity index (χ4n) is 1.57. The summed E-state index contributed by atoms with van der Waals surface area (Å²) in [5.74, 6) is 6.75. The molecule has 1 rings (SSSR count). The van der Waals surface area contributed by atoms with Crippen LogP contribution in [0, 0.1) is 17.8 Å². The normalized spacial score (nSPS) is 12.6. The molecule has 1 aromatic rings. The van der Waals surface area contributed by atoms with Crippen LogP contribution >= 0.6 is 11.8 Å². The van der Waals surface area contributed by atoms with Crippen LogP contribution in [0.15, 0.2) is 29.2 Å². The van der Waals surface area contributed by atoms with Crippen molar-refractivity contribution in [2.45, 2.75) is 11.8 Å². The summed E-state index contributed by atoms with van der Waals surface area (Å²) in [5.41, 5.74) is 5.95. The van der Waals surface area contributed by atoms with Gasteiger partial charge < -0.3 is 5.73 Å². The Bertz CT molecular complexity index is 589. The van der Waals surface area contributed by atoms with Gasteiger partial charge in [0.2, 0.25) is 10.0 Å². The third-order valence-corrected chi connectivity index (χ3v) is 4.88. The quantitative estimate of drug-likeness (QED) is 0.776. The molecule has 0 saturated carbocycles. The lowest BCUT2D eigenvalue weighted by Gasteiger charge is -2.11. The van der Waals surface area contributed by atoms with E-state index in [1.54, 1.807) is 36.0 Å². The zero-order valence-electron chi connectivity index (χ0n) is 11.7. The number of rotatable bonds is 6. The average molecular weight is 312 g/mol. The molecule has 0 radical (unpaired) electrons. The Morgan fingerprint density at radius 1 is 1.45 bits per heavy atom. The maximum Gasteiger partial charge on any atom is 0.240 e. The SMILES string of the molecule is CSCC(C)CNS(=O)(=O)c1cccc(C#CCN)c1. The van der Waals surface area contributed by atoms with E-state index < -0.39 is 10.0 Å². The molecule has 0 fully saturated rings. The summed E-state index contributed by atoms with van der Waals surface area (Å²) in [6.45, 7) is 2.70. The van der Waals surface area contributed by atoms with E-state index in [-0.39, 0.29) is 11.4 Å². The van der Waals surface area contributed by atoms with Gasteiger partial charge in [-0.05, 0) is 36.1 Å². The van der Waals surface area contributed by atoms with Crippen molar-refractivity contribution in [1.82, 2.24) is 4.72 Å². The lowest BCUT2D eigenvalue weighted by Crippen LogP contribution is -2.29. The minimum absolute atomic E-state index is 0.234. The summed E-state index contributed by atoms with van der Waals surface area (Å²) in [6.07, 6.45) is 2.00. The summed E-state index contributed by atoms with van der Waals surface area (Å²) >= 11 is 1.70. The van der Waals surface area contributed by atoms with Crippen LogP contribution in [0.2, 0.25) is 0 Å². The Kier molecular flexibility index (Phi) is 7.10. The number of nitrogens with one attached hydrogen (secondary N) is 1. The smallest absolute Gasteiger partial charge is 0.240 e. The van der Waals surface area contributed by atoms with Crippen LogP contribution in [0.3, 0.4) is 0 Å². The Morgan fingerprint density at radius 3 is 2.85 bits per heavy atom. The fourth-order valence-corrected chi connectivity index (χ4v) is 3.47. The predicted octanol–water partition coefficient (Wildman–Crippen LogP) is 1.27. The number of benzene rings is 1. The van der Waals surface area contributed by atoms with E-state index in [0.717, 1.165) is 5.75 Å². The average Bonchev–Trinajstić information content (AvgIpc) is 2.44. The monoisotopic (exact) mass is 312 g/mol. The van der Waals surface area contributed by atoms with Crippen LogP contribution in [-0.4, -0.2) is 33.5 Å². The number of nitrogens with two attached hydrogens (primary N) is 1. The first-order valence-corrected chi connectivity index (χ1v) is 9.15. The second-order valence-electron chi connectivity index (χ2n) is 4.45. The molecule has 110 valence electrons. The van der Waals surface area contributed by atoms with Crippen LogP contribution < -0.4 is 10.5 Å². The van der Waals surface area contributed by atoms with Gasteiger partial charge >= 0.3 is 0 Å². The Hall–Kier alpha value is -1.00. The van der Waals surface area contributed by atoms with Crippen molar-refractivity contribution in [3.8, 4) is 11.8 Å². The van der Waals surface area contributed by atoms with Crippen LogP contribution in [0.25, 0.3) is 0 Å². The molecule has 4 nitrogen and oxygen atoms in total. The van der Waals surface area contributed by atoms with E-state index >= 15 is 0 Å². The van der Waals surface area contributed by atoms with Crippen molar-refractivity contribution < 1.29 is 8.42 Å². The van der Waals surface area contributed by atoms with Gasteiger partial charge in [0.15, 0.2) is 0 Å². The molecule has 0 aliphatic rings. The molecule has 0 aliphatic heterocycles. The second kappa shape index (κ2) is 8.32. The molecule has 0 bridgehead atoms. The molecule has 20 heavy (non-hydrogen) atoms. The molecule has 0 saturated heterocycles. The first kappa shape index (κ1) is 17.1. The molecule has 6 heteroatoms. The fraction of sp³-hybridized carbons (Fsp3) is 0.429. The highest BCUT2D eigenvalue weighted by Crippen LogP contribution is 2.12. The van der Waals surface area contributed by atoms with Gasteiger partial charge in [0, 0.05) is 12.1 Å². The van der Waals surface area contributed by atoms with Gasteiger partial charge in [0.05, 0.1) is 11.4 Å². The number of hydrogen-bond acceptors (Lipinski definition) is 4. The molecule has 0 heterocycles. The molecule has 0 spiro atoms. The van der Waals surface area contributed by atoms with E-state index in [2.05, 4.69) is 16.6 Å². The molecule has 1 aromatic carbocycles. The van der Waals surface area contributed by atoms with Gasteiger partial charge in [-0.15, -0.1) is 0 Å². The Labute approximate surface area is 125 Å². The number of thioether (sulfide) groups is 1. The van der Waals surface area contributed by atoms with E-state index in [4.69, 9.17) is 5.73 Å². The zero-order valence-corrected chi connectivity index (χ0v) is 13.4. The maximum absolute atomic E-state index is 12.2. The molecular formula is C14H20N2O2S2. The van der Waals surface area contributed by atoms with E-state index in [1.807, 2.05) is 13.2 Å². The molecule has 0 aromatic heterocycles. The van der Waals surface area contributed by atoms with Gasteiger partial charge in [0.25, 0.3) is 0 Å². The van der Waals surface area contributed by atoms with Crippen molar-refractivity contribution >= 4 is 21.8 Å². The lowest BCUT2D eigenvalue weighted by atomic mass is 10.2. The second-order valence-corrected chi connectivity index (χ2v) is 7.12. The van der Waals surface area contributed by atoms with Crippen LogP contribution in [0.1, 0.15) is 12.5 Å². The highest BCUT2D eigenvalue weighted by molar-refractivity contribution is 7.98. The summed E-state index contributed by atoms with van der Waals surface area (Å²) < 4.78 is 27.0. The minimum Gasteiger partial charge on any atom is -0.320 e.